The lowest BCUT2D eigenvalue weighted by molar-refractivity contribution is -0.272. The van der Waals surface area contributed by atoms with Gasteiger partial charge in [-0.05, 0) is 67.1 Å². The van der Waals surface area contributed by atoms with Crippen LogP contribution in [0.1, 0.15) is 85.5 Å². The lowest BCUT2D eigenvalue weighted by Crippen LogP contribution is -2.58. The van der Waals surface area contributed by atoms with E-state index in [0.29, 0.717) is 41.2 Å². The van der Waals surface area contributed by atoms with E-state index in [0.717, 1.165) is 51.6 Å². The molecular weight excluding hydrogens is 388 g/mol. The zero-order chi connectivity index (χ0) is 21.8. The van der Waals surface area contributed by atoms with Crippen LogP contribution in [0.25, 0.3) is 0 Å². The molecule has 4 heteroatoms. The molecule has 4 nitrogen and oxygen atoms in total. The second kappa shape index (κ2) is 6.65. The molecule has 0 aromatic carbocycles. The Kier molecular flexibility index (Phi) is 4.47. The topological polar surface area (TPSA) is 52.6 Å². The Morgan fingerprint density at radius 1 is 0.968 bits per heavy atom. The first-order chi connectivity index (χ1) is 14.7. The fourth-order valence-corrected chi connectivity index (χ4v) is 9.74. The van der Waals surface area contributed by atoms with Gasteiger partial charge in [-0.3, -0.25) is 9.59 Å². The number of carbonyl (C=O) groups excluding carboxylic acids is 2. The Hall–Kier alpha value is -0.740. The quantitative estimate of drug-likeness (QED) is 0.533. The molecule has 11 atom stereocenters. The molecule has 0 amide bonds. The average Bonchev–Trinajstić information content (AvgIpc) is 3.18. The maximum absolute atomic E-state index is 14.0. The van der Waals surface area contributed by atoms with Crippen molar-refractivity contribution >= 4 is 11.6 Å². The first kappa shape index (κ1) is 20.8. The largest absolute Gasteiger partial charge is 0.349 e. The van der Waals surface area contributed by atoms with Gasteiger partial charge in [0, 0.05) is 42.9 Å². The Bertz CT molecular complexity index is 797. The van der Waals surface area contributed by atoms with E-state index in [1.54, 1.807) is 0 Å². The molecule has 6 fully saturated rings. The zero-order valence-electron chi connectivity index (χ0n) is 19.8. The summed E-state index contributed by atoms with van der Waals surface area (Å²) in [5, 5.41) is 0. The summed E-state index contributed by atoms with van der Waals surface area (Å²) in [5.74, 6) is 3.63. The van der Waals surface area contributed by atoms with Crippen LogP contribution >= 0.6 is 0 Å². The minimum Gasteiger partial charge on any atom is -0.349 e. The number of rotatable bonds is 0. The van der Waals surface area contributed by atoms with Gasteiger partial charge in [0.05, 0.1) is 12.7 Å². The lowest BCUT2D eigenvalue weighted by Gasteiger charge is -2.59. The minimum absolute atomic E-state index is 0.166. The van der Waals surface area contributed by atoms with Crippen LogP contribution in [0.2, 0.25) is 0 Å². The molecule has 0 radical (unpaired) electrons. The number of ether oxygens (including phenoxy) is 2. The fourth-order valence-electron chi connectivity index (χ4n) is 9.74. The van der Waals surface area contributed by atoms with Crippen LogP contribution in [-0.4, -0.2) is 30.1 Å². The van der Waals surface area contributed by atoms with Crippen molar-refractivity contribution in [3.63, 3.8) is 0 Å². The average molecular weight is 429 g/mol. The third kappa shape index (κ3) is 2.61. The van der Waals surface area contributed by atoms with E-state index in [2.05, 4.69) is 27.7 Å². The van der Waals surface area contributed by atoms with Gasteiger partial charge in [0.25, 0.3) is 0 Å². The highest BCUT2D eigenvalue weighted by molar-refractivity contribution is 5.87. The number of hydrogen-bond donors (Lipinski definition) is 0. The van der Waals surface area contributed by atoms with Crippen molar-refractivity contribution < 1.29 is 19.1 Å². The number of carbonyl (C=O) groups is 2. The van der Waals surface area contributed by atoms with Crippen molar-refractivity contribution in [1.82, 2.24) is 0 Å². The van der Waals surface area contributed by atoms with Crippen molar-refractivity contribution in [3.05, 3.63) is 0 Å². The second-order valence-electron chi connectivity index (χ2n) is 12.8. The van der Waals surface area contributed by atoms with Crippen LogP contribution in [0.5, 0.6) is 0 Å². The molecule has 0 N–H and O–H groups in total. The summed E-state index contributed by atoms with van der Waals surface area (Å²) in [7, 11) is 0. The molecule has 6 aliphatic rings. The molecule has 2 aliphatic heterocycles. The molecule has 1 spiro atoms. The third-order valence-corrected chi connectivity index (χ3v) is 11.6. The third-order valence-electron chi connectivity index (χ3n) is 11.6. The predicted molar refractivity (Wildman–Crippen MR) is 117 cm³/mol. The van der Waals surface area contributed by atoms with Crippen molar-refractivity contribution in [3.8, 4) is 0 Å². The van der Waals surface area contributed by atoms with Gasteiger partial charge in [-0.25, -0.2) is 0 Å². The molecule has 2 heterocycles. The minimum atomic E-state index is -0.458. The summed E-state index contributed by atoms with van der Waals surface area (Å²) < 4.78 is 13.2. The Balaban J connectivity index is 1.31. The summed E-state index contributed by atoms with van der Waals surface area (Å²) in [5.41, 5.74) is -0.101. The van der Waals surface area contributed by atoms with E-state index in [-0.39, 0.29) is 28.8 Å². The van der Waals surface area contributed by atoms with Crippen LogP contribution < -0.4 is 0 Å². The fraction of sp³-hybridized carbons (Fsp3) is 0.926. The number of hydrogen-bond acceptors (Lipinski definition) is 4. The van der Waals surface area contributed by atoms with Crippen molar-refractivity contribution in [2.75, 3.05) is 6.61 Å². The molecule has 31 heavy (non-hydrogen) atoms. The molecule has 7 unspecified atom stereocenters. The van der Waals surface area contributed by atoms with Gasteiger partial charge in [-0.15, -0.1) is 0 Å². The summed E-state index contributed by atoms with van der Waals surface area (Å²) >= 11 is 0. The van der Waals surface area contributed by atoms with Crippen LogP contribution in [-0.2, 0) is 19.1 Å². The molecule has 4 saturated carbocycles. The van der Waals surface area contributed by atoms with Crippen LogP contribution in [0.3, 0.4) is 0 Å². The maximum Gasteiger partial charge on any atom is 0.171 e. The maximum atomic E-state index is 14.0. The number of Topliss-reactive ketones (excluding diaryl/α,β-unsaturated/α-hetero) is 2. The highest BCUT2D eigenvalue weighted by Crippen LogP contribution is 2.70. The van der Waals surface area contributed by atoms with Gasteiger partial charge in [0.2, 0.25) is 0 Å². The predicted octanol–water partition coefficient (Wildman–Crippen LogP) is 5.18. The van der Waals surface area contributed by atoms with Crippen LogP contribution in [0, 0.1) is 52.3 Å². The molecule has 0 aromatic heterocycles. The van der Waals surface area contributed by atoms with Crippen molar-refractivity contribution in [2.24, 2.45) is 52.3 Å². The zero-order valence-corrected chi connectivity index (χ0v) is 19.8. The van der Waals surface area contributed by atoms with E-state index < -0.39 is 5.79 Å². The van der Waals surface area contributed by atoms with Crippen molar-refractivity contribution in [2.45, 2.75) is 97.4 Å². The van der Waals surface area contributed by atoms with Gasteiger partial charge in [0.1, 0.15) is 11.6 Å². The molecule has 2 saturated heterocycles. The van der Waals surface area contributed by atoms with Gasteiger partial charge < -0.3 is 9.47 Å². The Morgan fingerprint density at radius 2 is 1.77 bits per heavy atom. The molecule has 0 bridgehead atoms. The molecule has 4 aliphatic carbocycles. The second-order valence-corrected chi connectivity index (χ2v) is 12.8. The van der Waals surface area contributed by atoms with E-state index in [1.807, 2.05) is 0 Å². The number of fused-ring (bicyclic) bond motifs is 7. The normalized spacial score (nSPS) is 58.6. The van der Waals surface area contributed by atoms with Crippen LogP contribution in [0.15, 0.2) is 0 Å². The summed E-state index contributed by atoms with van der Waals surface area (Å²) in [6.45, 7) is 10.0. The first-order valence-electron chi connectivity index (χ1n) is 13.1. The summed E-state index contributed by atoms with van der Waals surface area (Å²) in [6, 6.07) is 0. The van der Waals surface area contributed by atoms with Gasteiger partial charge in [-0.1, -0.05) is 27.7 Å². The van der Waals surface area contributed by atoms with Gasteiger partial charge in [-0.2, -0.15) is 0 Å². The van der Waals surface area contributed by atoms with E-state index in [1.165, 1.54) is 12.8 Å². The Morgan fingerprint density at radius 3 is 2.52 bits per heavy atom. The van der Waals surface area contributed by atoms with Crippen LogP contribution in [0.4, 0.5) is 0 Å². The lowest BCUT2D eigenvalue weighted by atomic mass is 9.44. The highest BCUT2D eigenvalue weighted by atomic mass is 16.7. The van der Waals surface area contributed by atoms with Crippen molar-refractivity contribution in [1.29, 1.82) is 0 Å². The highest BCUT2D eigenvalue weighted by Gasteiger charge is 2.71. The van der Waals surface area contributed by atoms with Gasteiger partial charge in [0.15, 0.2) is 5.79 Å². The van der Waals surface area contributed by atoms with E-state index >= 15 is 0 Å². The summed E-state index contributed by atoms with van der Waals surface area (Å²) in [4.78, 5) is 26.1. The first-order valence-corrected chi connectivity index (χ1v) is 13.1. The standard InChI is InChI=1S/C27H40O4/c1-15-7-10-27(30-14-15)16(2)24-22(31-27)12-21-19-6-5-17-11-18(28)8-9-25(17,3)20(19)13-23(29)26(21,24)4/h15-17,19-22,24H,5-14H2,1-4H3/t15-,16+,17+,19?,20?,21?,22?,24?,25?,26?,27-/m1/s1. The molecule has 172 valence electrons. The molecule has 6 rings (SSSR count). The molecule has 0 aromatic rings. The SMILES string of the molecule is C[C@@H]1CC[C@@]2(OC1)OC1CC3C4CC[C@H]5CC(=O)CCC5(C)C4CC(=O)C3(C)C1[C@@H]2C. The van der Waals surface area contributed by atoms with E-state index in [4.69, 9.17) is 9.47 Å². The summed E-state index contributed by atoms with van der Waals surface area (Å²) in [6.07, 6.45) is 8.86. The Labute approximate surface area is 187 Å². The smallest absolute Gasteiger partial charge is 0.171 e. The van der Waals surface area contributed by atoms with E-state index in [9.17, 15) is 9.59 Å². The monoisotopic (exact) mass is 428 g/mol. The number of ketones is 2. The van der Waals surface area contributed by atoms with Gasteiger partial charge >= 0.3 is 0 Å². The molecular formula is C27H40O4.